The van der Waals surface area contributed by atoms with Gasteiger partial charge in [-0.1, -0.05) is 20.8 Å². The summed E-state index contributed by atoms with van der Waals surface area (Å²) in [5.41, 5.74) is -0.597. The van der Waals surface area contributed by atoms with Gasteiger partial charge in [-0.2, -0.15) is 0 Å². The lowest BCUT2D eigenvalue weighted by Gasteiger charge is -2.40. The second-order valence-corrected chi connectivity index (χ2v) is 5.78. The van der Waals surface area contributed by atoms with Crippen LogP contribution in [0.25, 0.3) is 0 Å². The average Bonchev–Trinajstić information content (AvgIpc) is 2.03. The quantitative estimate of drug-likeness (QED) is 0.742. The fraction of sp³-hybridized carbons (Fsp3) is 1.00. The summed E-state index contributed by atoms with van der Waals surface area (Å²) in [6, 6.07) is 0. The van der Waals surface area contributed by atoms with Gasteiger partial charge in [-0.25, -0.2) is 0 Å². The molecular weight excluding hydrogens is 176 g/mol. The third-order valence-electron chi connectivity index (χ3n) is 3.64. The van der Waals surface area contributed by atoms with E-state index < -0.39 is 5.60 Å². The lowest BCUT2D eigenvalue weighted by atomic mass is 9.72. The molecule has 14 heavy (non-hydrogen) atoms. The molecule has 0 aromatic carbocycles. The summed E-state index contributed by atoms with van der Waals surface area (Å²) in [5, 5.41) is 10.4. The lowest BCUT2D eigenvalue weighted by molar-refractivity contribution is -0.0710. The van der Waals surface area contributed by atoms with Gasteiger partial charge in [-0.05, 0) is 37.5 Å². The zero-order valence-corrected chi connectivity index (χ0v) is 9.97. The number of hydrogen-bond donors (Lipinski definition) is 1. The van der Waals surface area contributed by atoms with Crippen LogP contribution in [0.4, 0.5) is 0 Å². The number of rotatable bonds is 2. The topological polar surface area (TPSA) is 29.5 Å². The van der Waals surface area contributed by atoms with Gasteiger partial charge in [0.2, 0.25) is 0 Å². The minimum absolute atomic E-state index is 0.0364. The highest BCUT2D eigenvalue weighted by Gasteiger charge is 2.37. The van der Waals surface area contributed by atoms with Crippen molar-refractivity contribution in [2.75, 3.05) is 13.2 Å². The van der Waals surface area contributed by atoms with Crippen LogP contribution in [-0.2, 0) is 4.74 Å². The van der Waals surface area contributed by atoms with E-state index in [9.17, 15) is 5.11 Å². The molecule has 2 nitrogen and oxygen atoms in total. The van der Waals surface area contributed by atoms with E-state index in [2.05, 4.69) is 20.8 Å². The molecule has 2 heteroatoms. The van der Waals surface area contributed by atoms with Crippen LogP contribution in [0.1, 0.15) is 47.0 Å². The molecule has 1 saturated heterocycles. The molecule has 1 atom stereocenters. The summed E-state index contributed by atoms with van der Waals surface area (Å²) in [4.78, 5) is 0. The molecule has 1 aliphatic rings. The van der Waals surface area contributed by atoms with Gasteiger partial charge in [0, 0.05) is 13.2 Å². The Balaban J connectivity index is 2.49. The predicted molar refractivity (Wildman–Crippen MR) is 58.2 cm³/mol. The van der Waals surface area contributed by atoms with E-state index >= 15 is 0 Å². The zero-order valence-electron chi connectivity index (χ0n) is 9.97. The summed E-state index contributed by atoms with van der Waals surface area (Å²) in [5.74, 6) is 0.637. The van der Waals surface area contributed by atoms with E-state index in [0.29, 0.717) is 5.92 Å². The molecule has 1 fully saturated rings. The van der Waals surface area contributed by atoms with E-state index in [1.807, 2.05) is 6.92 Å². The molecule has 1 aliphatic heterocycles. The summed E-state index contributed by atoms with van der Waals surface area (Å²) in [6.07, 6.45) is 3.11. The van der Waals surface area contributed by atoms with Crippen LogP contribution in [-0.4, -0.2) is 23.9 Å². The minimum Gasteiger partial charge on any atom is -0.390 e. The highest BCUT2D eigenvalue weighted by atomic mass is 16.5. The SMILES string of the molecule is CC(C)(C)C(C)(O)CC1CCOCC1. The Bertz CT molecular complexity index is 173. The van der Waals surface area contributed by atoms with Crippen LogP contribution in [0.15, 0.2) is 0 Å². The van der Waals surface area contributed by atoms with Gasteiger partial charge in [-0.15, -0.1) is 0 Å². The molecule has 0 aliphatic carbocycles. The van der Waals surface area contributed by atoms with Crippen LogP contribution in [0.3, 0.4) is 0 Å². The minimum atomic E-state index is -0.561. The molecule has 0 aromatic heterocycles. The van der Waals surface area contributed by atoms with E-state index in [1.165, 1.54) is 0 Å². The van der Waals surface area contributed by atoms with Crippen LogP contribution in [0.5, 0.6) is 0 Å². The molecule has 0 amide bonds. The second-order valence-electron chi connectivity index (χ2n) is 5.78. The van der Waals surface area contributed by atoms with Crippen molar-refractivity contribution >= 4 is 0 Å². The van der Waals surface area contributed by atoms with Crippen molar-refractivity contribution in [1.82, 2.24) is 0 Å². The van der Waals surface area contributed by atoms with Gasteiger partial charge in [0.15, 0.2) is 0 Å². The molecule has 1 N–H and O–H groups in total. The van der Waals surface area contributed by atoms with Gasteiger partial charge < -0.3 is 9.84 Å². The van der Waals surface area contributed by atoms with Crippen LogP contribution < -0.4 is 0 Å². The zero-order chi connectivity index (χ0) is 10.8. The smallest absolute Gasteiger partial charge is 0.0670 e. The molecular formula is C12H24O2. The molecule has 0 bridgehead atoms. The van der Waals surface area contributed by atoms with Crippen molar-refractivity contribution < 1.29 is 9.84 Å². The molecule has 1 heterocycles. The van der Waals surface area contributed by atoms with Gasteiger partial charge in [-0.3, -0.25) is 0 Å². The highest BCUT2D eigenvalue weighted by molar-refractivity contribution is 4.88. The first-order valence-electron chi connectivity index (χ1n) is 5.63. The van der Waals surface area contributed by atoms with Gasteiger partial charge in [0.25, 0.3) is 0 Å². The summed E-state index contributed by atoms with van der Waals surface area (Å²) >= 11 is 0. The summed E-state index contributed by atoms with van der Waals surface area (Å²) < 4.78 is 5.32. The first-order chi connectivity index (χ1) is 6.33. The Morgan fingerprint density at radius 2 is 1.64 bits per heavy atom. The highest BCUT2D eigenvalue weighted by Crippen LogP contribution is 2.37. The van der Waals surface area contributed by atoms with Crippen molar-refractivity contribution in [3.8, 4) is 0 Å². The Labute approximate surface area is 87.7 Å². The predicted octanol–water partition coefficient (Wildman–Crippen LogP) is 2.60. The lowest BCUT2D eigenvalue weighted by Crippen LogP contribution is -2.42. The first kappa shape index (κ1) is 12.0. The maximum absolute atomic E-state index is 10.4. The Hall–Kier alpha value is -0.0800. The largest absolute Gasteiger partial charge is 0.390 e. The molecule has 1 rings (SSSR count). The van der Waals surface area contributed by atoms with Crippen molar-refractivity contribution in [2.45, 2.75) is 52.6 Å². The Morgan fingerprint density at radius 3 is 2.07 bits per heavy atom. The van der Waals surface area contributed by atoms with Crippen LogP contribution in [0, 0.1) is 11.3 Å². The maximum Gasteiger partial charge on any atom is 0.0670 e. The fourth-order valence-corrected chi connectivity index (χ4v) is 1.82. The normalized spacial score (nSPS) is 24.6. The second kappa shape index (κ2) is 4.19. The Morgan fingerprint density at radius 1 is 1.14 bits per heavy atom. The first-order valence-corrected chi connectivity index (χ1v) is 5.63. The number of aliphatic hydroxyl groups is 1. The molecule has 0 radical (unpaired) electrons. The van der Waals surface area contributed by atoms with E-state index in [-0.39, 0.29) is 5.41 Å². The van der Waals surface area contributed by atoms with Crippen molar-refractivity contribution in [2.24, 2.45) is 11.3 Å². The molecule has 1 unspecified atom stereocenters. The van der Waals surface area contributed by atoms with Crippen molar-refractivity contribution in [3.63, 3.8) is 0 Å². The monoisotopic (exact) mass is 200 g/mol. The van der Waals surface area contributed by atoms with Gasteiger partial charge >= 0.3 is 0 Å². The Kier molecular flexibility index (Phi) is 3.59. The van der Waals surface area contributed by atoms with Gasteiger partial charge in [0.05, 0.1) is 5.60 Å². The summed E-state index contributed by atoms with van der Waals surface area (Å²) in [7, 11) is 0. The molecule has 0 aromatic rings. The third-order valence-corrected chi connectivity index (χ3v) is 3.64. The molecule has 0 saturated carbocycles. The summed E-state index contributed by atoms with van der Waals surface area (Å²) in [6.45, 7) is 10.0. The molecule has 84 valence electrons. The third kappa shape index (κ3) is 2.96. The fourth-order valence-electron chi connectivity index (χ4n) is 1.82. The van der Waals surface area contributed by atoms with Crippen LogP contribution in [0.2, 0.25) is 0 Å². The average molecular weight is 200 g/mol. The van der Waals surface area contributed by atoms with Gasteiger partial charge in [0.1, 0.15) is 0 Å². The maximum atomic E-state index is 10.4. The van der Waals surface area contributed by atoms with E-state index in [4.69, 9.17) is 4.74 Å². The number of hydrogen-bond acceptors (Lipinski definition) is 2. The van der Waals surface area contributed by atoms with E-state index in [0.717, 1.165) is 32.5 Å². The van der Waals surface area contributed by atoms with Crippen molar-refractivity contribution in [3.05, 3.63) is 0 Å². The van der Waals surface area contributed by atoms with Crippen molar-refractivity contribution in [1.29, 1.82) is 0 Å². The van der Waals surface area contributed by atoms with E-state index in [1.54, 1.807) is 0 Å². The molecule has 0 spiro atoms. The number of ether oxygens (including phenoxy) is 1. The van der Waals surface area contributed by atoms with Crippen LogP contribution >= 0.6 is 0 Å². The standard InChI is InChI=1S/C12H24O2/c1-11(2,3)12(4,13)9-10-5-7-14-8-6-10/h10,13H,5-9H2,1-4H3.